The maximum absolute atomic E-state index is 13.8. The summed E-state index contributed by atoms with van der Waals surface area (Å²) >= 11 is 0. The van der Waals surface area contributed by atoms with E-state index in [1.54, 1.807) is 6.07 Å². The Labute approximate surface area is 123 Å². The van der Waals surface area contributed by atoms with Crippen LogP contribution in [0.25, 0.3) is 0 Å². The van der Waals surface area contributed by atoms with Crippen LogP contribution in [-0.2, 0) is 6.54 Å². The molecule has 0 bridgehead atoms. The topological polar surface area (TPSA) is 35.8 Å². The molecule has 0 unspecified atom stereocenters. The molecular formula is C17H16F2N2. The molecule has 2 rings (SSSR count). The molecule has 0 aliphatic heterocycles. The molecule has 2 aromatic carbocycles. The average Bonchev–Trinajstić information content (AvgIpc) is 2.46. The molecule has 0 radical (unpaired) electrons. The number of anilines is 1. The van der Waals surface area contributed by atoms with Crippen LogP contribution in [0.5, 0.6) is 0 Å². The molecular weight excluding hydrogens is 270 g/mol. The number of nitriles is 1. The third kappa shape index (κ3) is 3.38. The normalized spacial score (nSPS) is 10.5. The highest BCUT2D eigenvalue weighted by atomic mass is 19.1. The van der Waals surface area contributed by atoms with Gasteiger partial charge in [-0.3, -0.25) is 0 Å². The van der Waals surface area contributed by atoms with Gasteiger partial charge < -0.3 is 5.32 Å². The zero-order chi connectivity index (χ0) is 15.4. The van der Waals surface area contributed by atoms with Gasteiger partial charge in [-0.1, -0.05) is 32.0 Å². The van der Waals surface area contributed by atoms with E-state index in [9.17, 15) is 8.78 Å². The molecule has 0 aliphatic rings. The number of hydrogen-bond donors (Lipinski definition) is 1. The quantitative estimate of drug-likeness (QED) is 0.893. The monoisotopic (exact) mass is 286 g/mol. The van der Waals surface area contributed by atoms with E-state index in [0.717, 1.165) is 23.4 Å². The smallest absolute Gasteiger partial charge is 0.132 e. The molecule has 4 heteroatoms. The lowest BCUT2D eigenvalue weighted by molar-refractivity contribution is 0.559. The highest BCUT2D eigenvalue weighted by Crippen LogP contribution is 2.25. The van der Waals surface area contributed by atoms with Crippen LogP contribution in [0.15, 0.2) is 36.4 Å². The molecule has 1 N–H and O–H groups in total. The van der Waals surface area contributed by atoms with Crippen molar-refractivity contribution in [3.05, 3.63) is 64.7 Å². The summed E-state index contributed by atoms with van der Waals surface area (Å²) in [6.45, 7) is 4.15. The van der Waals surface area contributed by atoms with Gasteiger partial charge >= 0.3 is 0 Å². The van der Waals surface area contributed by atoms with Crippen LogP contribution < -0.4 is 5.32 Å². The van der Waals surface area contributed by atoms with E-state index in [0.29, 0.717) is 5.92 Å². The van der Waals surface area contributed by atoms with Crippen LogP contribution in [0.1, 0.15) is 36.5 Å². The largest absolute Gasteiger partial charge is 0.381 e. The lowest BCUT2D eigenvalue weighted by Gasteiger charge is -2.15. The summed E-state index contributed by atoms with van der Waals surface area (Å²) in [5, 5.41) is 11.8. The number of benzene rings is 2. The minimum atomic E-state index is -0.707. The van der Waals surface area contributed by atoms with Gasteiger partial charge in [-0.05, 0) is 29.7 Å². The van der Waals surface area contributed by atoms with E-state index in [2.05, 4.69) is 19.2 Å². The third-order valence-corrected chi connectivity index (χ3v) is 3.31. The zero-order valence-electron chi connectivity index (χ0n) is 12.0. The SMILES string of the molecule is CC(C)c1ccccc1NCc1c(F)cc(C#N)cc1F. The third-order valence-electron chi connectivity index (χ3n) is 3.31. The minimum absolute atomic E-state index is 0.0173. The van der Waals surface area contributed by atoms with E-state index < -0.39 is 11.6 Å². The fourth-order valence-electron chi connectivity index (χ4n) is 2.18. The van der Waals surface area contributed by atoms with Crippen LogP contribution >= 0.6 is 0 Å². The van der Waals surface area contributed by atoms with Crippen LogP contribution in [0.4, 0.5) is 14.5 Å². The van der Waals surface area contributed by atoms with Gasteiger partial charge in [0.05, 0.1) is 11.6 Å². The van der Waals surface area contributed by atoms with Gasteiger partial charge in [0.15, 0.2) is 0 Å². The number of nitrogens with zero attached hydrogens (tertiary/aromatic N) is 1. The summed E-state index contributed by atoms with van der Waals surface area (Å²) in [5.74, 6) is -1.11. The molecule has 2 nitrogen and oxygen atoms in total. The molecule has 0 spiro atoms. The van der Waals surface area contributed by atoms with Crippen molar-refractivity contribution >= 4 is 5.69 Å². The molecule has 0 saturated heterocycles. The zero-order valence-corrected chi connectivity index (χ0v) is 12.0. The molecule has 0 saturated carbocycles. The molecule has 0 amide bonds. The van der Waals surface area contributed by atoms with Gasteiger partial charge in [0.2, 0.25) is 0 Å². The molecule has 2 aromatic rings. The first-order valence-corrected chi connectivity index (χ1v) is 6.73. The molecule has 0 atom stereocenters. The molecule has 0 aromatic heterocycles. The van der Waals surface area contributed by atoms with Gasteiger partial charge in [0.1, 0.15) is 11.6 Å². The van der Waals surface area contributed by atoms with Crippen molar-refractivity contribution in [1.82, 2.24) is 0 Å². The van der Waals surface area contributed by atoms with E-state index in [1.807, 2.05) is 24.3 Å². The Kier molecular flexibility index (Phi) is 4.54. The Morgan fingerprint density at radius 3 is 2.33 bits per heavy atom. The van der Waals surface area contributed by atoms with Gasteiger partial charge in [-0.15, -0.1) is 0 Å². The first-order chi connectivity index (χ1) is 10.0. The fraction of sp³-hybridized carbons (Fsp3) is 0.235. The molecule has 21 heavy (non-hydrogen) atoms. The molecule has 0 aliphatic carbocycles. The fourth-order valence-corrected chi connectivity index (χ4v) is 2.18. The number of rotatable bonds is 4. The second kappa shape index (κ2) is 6.36. The van der Waals surface area contributed by atoms with E-state index in [4.69, 9.17) is 5.26 Å². The van der Waals surface area contributed by atoms with Crippen molar-refractivity contribution in [2.75, 3.05) is 5.32 Å². The minimum Gasteiger partial charge on any atom is -0.381 e. The first kappa shape index (κ1) is 15.0. The Hall–Kier alpha value is -2.41. The lowest BCUT2D eigenvalue weighted by atomic mass is 10.0. The van der Waals surface area contributed by atoms with Crippen molar-refractivity contribution in [2.45, 2.75) is 26.3 Å². The van der Waals surface area contributed by atoms with E-state index in [1.165, 1.54) is 0 Å². The first-order valence-electron chi connectivity index (χ1n) is 6.73. The Morgan fingerprint density at radius 2 is 1.76 bits per heavy atom. The van der Waals surface area contributed by atoms with Crippen LogP contribution in [0.2, 0.25) is 0 Å². The highest BCUT2D eigenvalue weighted by molar-refractivity contribution is 5.53. The predicted molar refractivity (Wildman–Crippen MR) is 78.9 cm³/mol. The molecule has 108 valence electrons. The van der Waals surface area contributed by atoms with Gasteiger partial charge in [-0.25, -0.2) is 8.78 Å². The number of hydrogen-bond acceptors (Lipinski definition) is 2. The van der Waals surface area contributed by atoms with Crippen LogP contribution in [-0.4, -0.2) is 0 Å². The van der Waals surface area contributed by atoms with Gasteiger partial charge in [0.25, 0.3) is 0 Å². The molecule has 0 heterocycles. The maximum atomic E-state index is 13.8. The standard InChI is InChI=1S/C17H16F2N2/c1-11(2)13-5-3-4-6-17(13)21-10-14-15(18)7-12(9-20)8-16(14)19/h3-8,11,21H,10H2,1-2H3. The number of halogens is 2. The summed E-state index contributed by atoms with van der Waals surface area (Å²) in [7, 11) is 0. The van der Waals surface area contributed by atoms with Crippen molar-refractivity contribution in [3.8, 4) is 6.07 Å². The summed E-state index contributed by atoms with van der Waals surface area (Å²) in [6, 6.07) is 11.5. The molecule has 0 fully saturated rings. The van der Waals surface area contributed by atoms with Crippen molar-refractivity contribution in [2.24, 2.45) is 0 Å². The Balaban J connectivity index is 2.24. The summed E-state index contributed by atoms with van der Waals surface area (Å²) in [5.41, 5.74) is 1.87. The summed E-state index contributed by atoms with van der Waals surface area (Å²) < 4.78 is 27.7. The van der Waals surface area contributed by atoms with Crippen molar-refractivity contribution in [3.63, 3.8) is 0 Å². The van der Waals surface area contributed by atoms with Crippen molar-refractivity contribution < 1.29 is 8.78 Å². The summed E-state index contributed by atoms with van der Waals surface area (Å²) in [6.07, 6.45) is 0. The van der Waals surface area contributed by atoms with Crippen LogP contribution in [0, 0.1) is 23.0 Å². The summed E-state index contributed by atoms with van der Waals surface area (Å²) in [4.78, 5) is 0. The Morgan fingerprint density at radius 1 is 1.14 bits per heavy atom. The maximum Gasteiger partial charge on any atom is 0.132 e. The highest BCUT2D eigenvalue weighted by Gasteiger charge is 2.12. The number of nitrogens with one attached hydrogen (secondary N) is 1. The van der Waals surface area contributed by atoms with E-state index in [-0.39, 0.29) is 17.7 Å². The lowest BCUT2D eigenvalue weighted by Crippen LogP contribution is -2.07. The van der Waals surface area contributed by atoms with Crippen LogP contribution in [0.3, 0.4) is 0 Å². The predicted octanol–water partition coefficient (Wildman–Crippen LogP) is 4.57. The second-order valence-electron chi connectivity index (χ2n) is 5.13. The van der Waals surface area contributed by atoms with Gasteiger partial charge in [0, 0.05) is 17.8 Å². The van der Waals surface area contributed by atoms with Gasteiger partial charge in [-0.2, -0.15) is 5.26 Å². The van der Waals surface area contributed by atoms with Crippen molar-refractivity contribution in [1.29, 1.82) is 5.26 Å². The Bertz CT molecular complexity index is 664. The second-order valence-corrected chi connectivity index (χ2v) is 5.13. The average molecular weight is 286 g/mol. The van der Waals surface area contributed by atoms with E-state index >= 15 is 0 Å². The number of para-hydroxylation sites is 1.